The van der Waals surface area contributed by atoms with Crippen LogP contribution in [0.5, 0.6) is 0 Å². The summed E-state index contributed by atoms with van der Waals surface area (Å²) in [5.41, 5.74) is -0.904. The molecular weight excluding hydrogens is 462 g/mol. The number of aliphatic hydroxyl groups excluding tert-OH is 2. The van der Waals surface area contributed by atoms with Crippen molar-refractivity contribution in [3.05, 3.63) is 23.8 Å². The molecule has 0 aromatic carbocycles. The molecule has 0 bridgehead atoms. The molecule has 2 aliphatic rings. The number of hydrogen-bond acceptors (Lipinski definition) is 7. The minimum Gasteiger partial charge on any atom is -0.481 e. The first-order valence-electron chi connectivity index (χ1n) is 13.1. The first-order chi connectivity index (χ1) is 16.8. The van der Waals surface area contributed by atoms with Gasteiger partial charge in [0.25, 0.3) is 0 Å². The molecule has 9 unspecified atom stereocenters. The standard InChI is InChI=1S/C28H43NO7/c1-17-12-18(2)23(30)13-25(31)36-24(21-9-7-10-22(21)27(33)34)11-6-5-8-20(16-29)26(32)19(3)15-28(4,35)14-17/h5-6,8,17-19,21-24,26,30,32,35H,7,9-15H2,1-4H3,(H,33,34). The average Bonchev–Trinajstić information content (AvgIpc) is 3.26. The number of hydrogen-bond donors (Lipinski definition) is 4. The lowest BCUT2D eigenvalue weighted by Gasteiger charge is -2.32. The maximum atomic E-state index is 12.8. The number of carboxylic acid groups (broad SMARTS) is 1. The number of allylic oxidation sites excluding steroid dienone is 2. The molecule has 1 fully saturated rings. The number of carboxylic acids is 1. The van der Waals surface area contributed by atoms with E-state index in [0.29, 0.717) is 32.1 Å². The molecule has 1 saturated carbocycles. The third-order valence-electron chi connectivity index (χ3n) is 7.77. The van der Waals surface area contributed by atoms with Crippen LogP contribution in [0.4, 0.5) is 0 Å². The second-order valence-corrected chi connectivity index (χ2v) is 11.4. The minimum atomic E-state index is -1.07. The zero-order chi connectivity index (χ0) is 27.0. The summed E-state index contributed by atoms with van der Waals surface area (Å²) in [6.45, 7) is 7.34. The van der Waals surface area contributed by atoms with Gasteiger partial charge in [0.15, 0.2) is 0 Å². The Hall–Kier alpha value is -2.21. The molecule has 9 atom stereocenters. The molecule has 1 aliphatic carbocycles. The zero-order valence-corrected chi connectivity index (χ0v) is 22.0. The van der Waals surface area contributed by atoms with Crippen LogP contribution in [-0.4, -0.2) is 56.3 Å². The lowest BCUT2D eigenvalue weighted by molar-refractivity contribution is -0.159. The van der Waals surface area contributed by atoms with Crippen molar-refractivity contribution in [2.45, 2.75) is 103 Å². The Morgan fingerprint density at radius 2 is 1.86 bits per heavy atom. The Labute approximate surface area is 214 Å². The van der Waals surface area contributed by atoms with Crippen molar-refractivity contribution in [1.82, 2.24) is 0 Å². The van der Waals surface area contributed by atoms with E-state index in [-0.39, 0.29) is 42.1 Å². The Balaban J connectivity index is 2.34. The number of esters is 1. The van der Waals surface area contributed by atoms with Crippen LogP contribution in [0, 0.1) is 40.9 Å². The normalized spacial score (nSPS) is 39.8. The van der Waals surface area contributed by atoms with Gasteiger partial charge in [-0.2, -0.15) is 5.26 Å². The Kier molecular flexibility index (Phi) is 11.1. The SMILES string of the molecule is CC1CC(C)C(O)CC(=O)OC(C2CCCC2C(=O)O)CC=CC=C(C#N)C(O)C(C)CC(C)(O)C1. The molecule has 202 valence electrons. The summed E-state index contributed by atoms with van der Waals surface area (Å²) in [5, 5.41) is 51.6. The van der Waals surface area contributed by atoms with E-state index in [0.717, 1.165) is 6.42 Å². The Morgan fingerprint density at radius 1 is 1.17 bits per heavy atom. The van der Waals surface area contributed by atoms with Gasteiger partial charge in [0, 0.05) is 12.3 Å². The van der Waals surface area contributed by atoms with Crippen LogP contribution in [0.25, 0.3) is 0 Å². The van der Waals surface area contributed by atoms with Crippen molar-refractivity contribution in [1.29, 1.82) is 5.26 Å². The molecule has 36 heavy (non-hydrogen) atoms. The molecule has 0 spiro atoms. The maximum absolute atomic E-state index is 12.8. The summed E-state index contributed by atoms with van der Waals surface area (Å²) in [5.74, 6) is -2.93. The zero-order valence-electron chi connectivity index (χ0n) is 22.0. The largest absolute Gasteiger partial charge is 0.481 e. The first kappa shape index (κ1) is 30.0. The number of nitriles is 1. The fourth-order valence-electron chi connectivity index (χ4n) is 6.05. The molecule has 0 saturated heterocycles. The van der Waals surface area contributed by atoms with Gasteiger partial charge in [0.05, 0.1) is 41.8 Å². The molecule has 0 radical (unpaired) electrons. The van der Waals surface area contributed by atoms with E-state index >= 15 is 0 Å². The summed E-state index contributed by atoms with van der Waals surface area (Å²) in [6, 6.07) is 2.03. The summed E-state index contributed by atoms with van der Waals surface area (Å²) in [7, 11) is 0. The van der Waals surface area contributed by atoms with Crippen molar-refractivity contribution < 1.29 is 34.8 Å². The van der Waals surface area contributed by atoms with Crippen molar-refractivity contribution in [3.63, 3.8) is 0 Å². The minimum absolute atomic E-state index is 0.0420. The summed E-state index contributed by atoms with van der Waals surface area (Å²) in [6.07, 6.45) is 5.51. The predicted molar refractivity (Wildman–Crippen MR) is 134 cm³/mol. The van der Waals surface area contributed by atoms with Gasteiger partial charge < -0.3 is 25.2 Å². The molecule has 1 heterocycles. The Bertz CT molecular complexity index is 858. The Morgan fingerprint density at radius 3 is 2.50 bits per heavy atom. The van der Waals surface area contributed by atoms with Crippen LogP contribution < -0.4 is 0 Å². The van der Waals surface area contributed by atoms with E-state index in [1.807, 2.05) is 19.9 Å². The van der Waals surface area contributed by atoms with Crippen LogP contribution in [0.15, 0.2) is 23.8 Å². The highest BCUT2D eigenvalue weighted by Gasteiger charge is 2.40. The number of aliphatic hydroxyl groups is 3. The maximum Gasteiger partial charge on any atom is 0.308 e. The molecule has 4 N–H and O–H groups in total. The fourth-order valence-corrected chi connectivity index (χ4v) is 6.05. The number of aliphatic carboxylic acids is 1. The second kappa shape index (κ2) is 13.4. The van der Waals surface area contributed by atoms with Gasteiger partial charge in [-0.3, -0.25) is 9.59 Å². The third-order valence-corrected chi connectivity index (χ3v) is 7.77. The highest BCUT2D eigenvalue weighted by atomic mass is 16.5. The van der Waals surface area contributed by atoms with Crippen molar-refractivity contribution >= 4 is 11.9 Å². The van der Waals surface area contributed by atoms with Crippen molar-refractivity contribution in [3.8, 4) is 6.07 Å². The molecule has 0 amide bonds. The van der Waals surface area contributed by atoms with Crippen molar-refractivity contribution in [2.75, 3.05) is 0 Å². The van der Waals surface area contributed by atoms with Crippen LogP contribution in [0.2, 0.25) is 0 Å². The van der Waals surface area contributed by atoms with Crippen LogP contribution in [0.1, 0.15) is 79.1 Å². The van der Waals surface area contributed by atoms with Gasteiger partial charge >= 0.3 is 11.9 Å². The number of carbonyl (C=O) groups is 2. The first-order valence-corrected chi connectivity index (χ1v) is 13.1. The molecule has 1 aliphatic heterocycles. The molecular formula is C28H43NO7. The molecule has 0 aromatic heterocycles. The smallest absolute Gasteiger partial charge is 0.308 e. The van der Waals surface area contributed by atoms with Gasteiger partial charge in [0.2, 0.25) is 0 Å². The van der Waals surface area contributed by atoms with E-state index in [9.17, 15) is 35.3 Å². The number of carbonyl (C=O) groups excluding carboxylic acids is 1. The average molecular weight is 506 g/mol. The van der Waals surface area contributed by atoms with Gasteiger partial charge in [-0.1, -0.05) is 39.3 Å². The molecule has 0 aromatic rings. The van der Waals surface area contributed by atoms with Gasteiger partial charge in [-0.25, -0.2) is 0 Å². The van der Waals surface area contributed by atoms with Gasteiger partial charge in [0.1, 0.15) is 6.10 Å². The number of rotatable bonds is 2. The summed E-state index contributed by atoms with van der Waals surface area (Å²) >= 11 is 0. The van der Waals surface area contributed by atoms with Gasteiger partial charge in [-0.15, -0.1) is 0 Å². The summed E-state index contributed by atoms with van der Waals surface area (Å²) in [4.78, 5) is 24.5. The van der Waals surface area contributed by atoms with Crippen molar-refractivity contribution in [2.24, 2.45) is 29.6 Å². The van der Waals surface area contributed by atoms with Gasteiger partial charge in [-0.05, 0) is 62.9 Å². The van der Waals surface area contributed by atoms with Crippen LogP contribution in [-0.2, 0) is 14.3 Å². The summed E-state index contributed by atoms with van der Waals surface area (Å²) < 4.78 is 5.74. The van der Waals surface area contributed by atoms with Crippen LogP contribution in [0.3, 0.4) is 0 Å². The molecule has 8 heteroatoms. The second-order valence-electron chi connectivity index (χ2n) is 11.4. The highest BCUT2D eigenvalue weighted by Crippen LogP contribution is 2.37. The predicted octanol–water partition coefficient (Wildman–Crippen LogP) is 3.75. The van der Waals surface area contributed by atoms with E-state index in [2.05, 4.69) is 0 Å². The quantitative estimate of drug-likeness (QED) is 0.415. The van der Waals surface area contributed by atoms with Crippen LogP contribution >= 0.6 is 0 Å². The lowest BCUT2D eigenvalue weighted by atomic mass is 9.79. The number of nitrogens with zero attached hydrogens (tertiary/aromatic N) is 1. The van der Waals surface area contributed by atoms with E-state index in [1.165, 1.54) is 6.08 Å². The lowest BCUT2D eigenvalue weighted by Crippen LogP contribution is -2.35. The highest BCUT2D eigenvalue weighted by molar-refractivity contribution is 5.72. The fraction of sp³-hybridized carbons (Fsp3) is 0.750. The van der Waals surface area contributed by atoms with E-state index in [4.69, 9.17) is 4.74 Å². The third kappa shape index (κ3) is 8.72. The van der Waals surface area contributed by atoms with E-state index in [1.54, 1.807) is 26.0 Å². The number of ether oxygens (including phenoxy) is 1. The monoisotopic (exact) mass is 505 g/mol. The number of cyclic esters (lactones) is 1. The molecule has 8 nitrogen and oxygen atoms in total. The topological polar surface area (TPSA) is 148 Å². The van der Waals surface area contributed by atoms with E-state index < -0.39 is 41.8 Å². The molecule has 2 rings (SSSR count).